The van der Waals surface area contributed by atoms with E-state index in [4.69, 9.17) is 27.9 Å². The summed E-state index contributed by atoms with van der Waals surface area (Å²) in [6.45, 7) is 3.66. The minimum Gasteiger partial charge on any atom is -0.383 e. The molecule has 1 aliphatic rings. The van der Waals surface area contributed by atoms with Gasteiger partial charge < -0.3 is 10.1 Å². The number of hydrogen-bond donors (Lipinski definition) is 2. The molecule has 1 aliphatic carbocycles. The molecule has 1 amide bonds. The fraction of sp³-hybridized carbons (Fsp3) is 0.533. The molecule has 0 radical (unpaired) electrons. The number of ether oxygens (including phenoxy) is 1. The lowest BCUT2D eigenvalue weighted by molar-refractivity contribution is -0.120. The fourth-order valence-electron chi connectivity index (χ4n) is 2.25. The van der Waals surface area contributed by atoms with Gasteiger partial charge in [0.2, 0.25) is 15.9 Å². The summed E-state index contributed by atoms with van der Waals surface area (Å²) in [5.74, 6) is -0.296. The van der Waals surface area contributed by atoms with E-state index in [0.29, 0.717) is 12.1 Å². The average molecular weight is 395 g/mol. The third kappa shape index (κ3) is 4.03. The van der Waals surface area contributed by atoms with Crippen molar-refractivity contribution in [2.75, 3.05) is 19.0 Å². The Morgan fingerprint density at radius 3 is 2.33 bits per heavy atom. The van der Waals surface area contributed by atoms with Crippen molar-refractivity contribution < 1.29 is 17.9 Å². The van der Waals surface area contributed by atoms with Crippen molar-refractivity contribution in [1.29, 1.82) is 0 Å². The van der Waals surface area contributed by atoms with Gasteiger partial charge in [0.05, 0.1) is 16.9 Å². The number of halogens is 2. The van der Waals surface area contributed by atoms with E-state index < -0.39 is 19.8 Å². The third-order valence-electron chi connectivity index (χ3n) is 3.95. The molecule has 2 rings (SSSR count). The lowest BCUT2D eigenvalue weighted by Crippen LogP contribution is -2.35. The molecular formula is C15H20Cl2N2O4S. The van der Waals surface area contributed by atoms with Gasteiger partial charge in [-0.3, -0.25) is 4.79 Å². The van der Waals surface area contributed by atoms with Crippen molar-refractivity contribution in [3.05, 3.63) is 24.3 Å². The van der Waals surface area contributed by atoms with E-state index in [1.165, 1.54) is 31.4 Å². The van der Waals surface area contributed by atoms with Crippen LogP contribution in [0, 0.1) is 5.41 Å². The van der Waals surface area contributed by atoms with Crippen LogP contribution in [0.3, 0.4) is 0 Å². The van der Waals surface area contributed by atoms with E-state index in [2.05, 4.69) is 10.0 Å². The Bertz CT molecular complexity index is 721. The van der Waals surface area contributed by atoms with Gasteiger partial charge in [-0.05, 0) is 44.5 Å². The van der Waals surface area contributed by atoms with Gasteiger partial charge in [-0.15, -0.1) is 23.2 Å². The number of methoxy groups -OCH3 is 1. The predicted molar refractivity (Wildman–Crippen MR) is 93.9 cm³/mol. The number of rotatable bonds is 7. The molecule has 0 saturated heterocycles. The minimum atomic E-state index is -3.65. The maximum absolute atomic E-state index is 12.2. The molecule has 0 spiro atoms. The van der Waals surface area contributed by atoms with E-state index in [9.17, 15) is 13.2 Å². The number of carbonyl (C=O) groups excluding carboxylic acids is 1. The zero-order valence-corrected chi connectivity index (χ0v) is 15.9. The minimum absolute atomic E-state index is 0.102. The largest absolute Gasteiger partial charge is 0.383 e. The Labute approximate surface area is 151 Å². The van der Waals surface area contributed by atoms with Crippen LogP contribution in [-0.2, 0) is 19.6 Å². The van der Waals surface area contributed by atoms with Gasteiger partial charge >= 0.3 is 0 Å². The Kier molecular flexibility index (Phi) is 5.52. The molecule has 134 valence electrons. The molecule has 1 aromatic rings. The summed E-state index contributed by atoms with van der Waals surface area (Å²) in [6.07, 6.45) is 0.378. The molecule has 0 bridgehead atoms. The van der Waals surface area contributed by atoms with Crippen molar-refractivity contribution in [2.45, 2.75) is 35.5 Å². The first-order chi connectivity index (χ1) is 11.0. The summed E-state index contributed by atoms with van der Waals surface area (Å²) < 4.78 is 30.8. The summed E-state index contributed by atoms with van der Waals surface area (Å²) in [4.78, 5) is 12.3. The Morgan fingerprint density at radius 2 is 1.88 bits per heavy atom. The lowest BCUT2D eigenvalue weighted by atomic mass is 10.1. The Morgan fingerprint density at radius 1 is 1.33 bits per heavy atom. The second kappa shape index (κ2) is 6.80. The first kappa shape index (κ1) is 19.5. The fourth-order valence-corrected chi connectivity index (χ4v) is 4.18. The highest BCUT2D eigenvalue weighted by Crippen LogP contribution is 2.64. The number of alkyl halides is 2. The van der Waals surface area contributed by atoms with Gasteiger partial charge in [-0.1, -0.05) is 0 Å². The zero-order chi connectivity index (χ0) is 18.2. The van der Waals surface area contributed by atoms with Crippen molar-refractivity contribution in [2.24, 2.45) is 5.41 Å². The number of amides is 1. The van der Waals surface area contributed by atoms with E-state index in [0.717, 1.165) is 0 Å². The van der Waals surface area contributed by atoms with E-state index >= 15 is 0 Å². The second-order valence-corrected chi connectivity index (χ2v) is 9.37. The molecule has 2 atom stereocenters. The van der Waals surface area contributed by atoms with Crippen LogP contribution >= 0.6 is 23.2 Å². The number of hydrogen-bond acceptors (Lipinski definition) is 4. The standard InChI is InChI=1S/C15H20Cl2N2O4S/c1-10(8-23-3)19-24(21,22)12-6-4-11(5-7-12)18-13(20)14(2)9-15(14,16)17/h4-7,10,19H,8-9H2,1-3H3,(H,18,20). The molecule has 2 N–H and O–H groups in total. The SMILES string of the molecule is COCC(C)NS(=O)(=O)c1ccc(NC(=O)C2(C)CC2(Cl)Cl)cc1. The topological polar surface area (TPSA) is 84.5 Å². The van der Waals surface area contributed by atoms with Gasteiger partial charge in [0, 0.05) is 18.8 Å². The molecule has 1 aromatic carbocycles. The van der Waals surface area contributed by atoms with Crippen LogP contribution in [0.5, 0.6) is 0 Å². The zero-order valence-electron chi connectivity index (χ0n) is 13.6. The highest BCUT2D eigenvalue weighted by atomic mass is 35.5. The maximum Gasteiger partial charge on any atom is 0.240 e. The first-order valence-electron chi connectivity index (χ1n) is 7.32. The highest BCUT2D eigenvalue weighted by molar-refractivity contribution is 7.89. The predicted octanol–water partition coefficient (Wildman–Crippen LogP) is 2.52. The van der Waals surface area contributed by atoms with Crippen molar-refractivity contribution in [3.63, 3.8) is 0 Å². The molecule has 0 aliphatic heterocycles. The first-order valence-corrected chi connectivity index (χ1v) is 9.56. The van der Waals surface area contributed by atoms with Gasteiger partial charge in [0.1, 0.15) is 4.33 Å². The van der Waals surface area contributed by atoms with Crippen molar-refractivity contribution >= 4 is 44.8 Å². The van der Waals surface area contributed by atoms with Crippen LogP contribution < -0.4 is 10.0 Å². The van der Waals surface area contributed by atoms with E-state index in [1.807, 2.05) is 0 Å². The van der Waals surface area contributed by atoms with Crippen LogP contribution in [0.2, 0.25) is 0 Å². The van der Waals surface area contributed by atoms with Gasteiger partial charge in [-0.2, -0.15) is 0 Å². The van der Waals surface area contributed by atoms with Crippen LogP contribution in [0.25, 0.3) is 0 Å². The normalized spacial score (nSPS) is 23.5. The number of carbonyl (C=O) groups is 1. The molecule has 2 unspecified atom stereocenters. The average Bonchev–Trinajstić information content (AvgIpc) is 2.99. The molecule has 0 aromatic heterocycles. The summed E-state index contributed by atoms with van der Waals surface area (Å²) in [5.41, 5.74) is -0.362. The summed E-state index contributed by atoms with van der Waals surface area (Å²) >= 11 is 12.0. The van der Waals surface area contributed by atoms with Gasteiger partial charge in [0.15, 0.2) is 0 Å². The molecule has 9 heteroatoms. The number of nitrogens with one attached hydrogen (secondary N) is 2. The number of benzene rings is 1. The summed E-state index contributed by atoms with van der Waals surface area (Å²) in [5, 5.41) is 2.70. The van der Waals surface area contributed by atoms with E-state index in [-0.39, 0.29) is 23.5 Å². The smallest absolute Gasteiger partial charge is 0.240 e. The van der Waals surface area contributed by atoms with Crippen molar-refractivity contribution in [3.8, 4) is 0 Å². The second-order valence-electron chi connectivity index (χ2n) is 6.17. The Hall–Kier alpha value is -0.860. The Balaban J connectivity index is 2.04. The highest BCUT2D eigenvalue weighted by Gasteiger charge is 2.67. The van der Waals surface area contributed by atoms with Crippen molar-refractivity contribution in [1.82, 2.24) is 4.72 Å². The molecule has 6 nitrogen and oxygen atoms in total. The van der Waals surface area contributed by atoms with E-state index in [1.54, 1.807) is 13.8 Å². The number of anilines is 1. The lowest BCUT2D eigenvalue weighted by Gasteiger charge is -2.15. The van der Waals surface area contributed by atoms with Crippen LogP contribution in [0.1, 0.15) is 20.3 Å². The maximum atomic E-state index is 12.2. The summed E-state index contributed by atoms with van der Waals surface area (Å²) in [6, 6.07) is 5.52. The van der Waals surface area contributed by atoms with Crippen LogP contribution in [0.4, 0.5) is 5.69 Å². The monoisotopic (exact) mass is 394 g/mol. The molecule has 0 heterocycles. The van der Waals surface area contributed by atoms with Crippen LogP contribution in [0.15, 0.2) is 29.2 Å². The number of sulfonamides is 1. The molecule has 1 fully saturated rings. The molecular weight excluding hydrogens is 375 g/mol. The van der Waals surface area contributed by atoms with Crippen LogP contribution in [-0.4, -0.2) is 38.4 Å². The van der Waals surface area contributed by atoms with Gasteiger partial charge in [0.25, 0.3) is 0 Å². The quantitative estimate of drug-likeness (QED) is 0.695. The third-order valence-corrected chi connectivity index (χ3v) is 6.66. The molecule has 24 heavy (non-hydrogen) atoms. The summed E-state index contributed by atoms with van der Waals surface area (Å²) in [7, 11) is -2.15. The van der Waals surface area contributed by atoms with Gasteiger partial charge in [-0.25, -0.2) is 13.1 Å². The molecule has 1 saturated carbocycles.